The number of carbonyl (C=O) groups excluding carboxylic acids is 1. The fourth-order valence-corrected chi connectivity index (χ4v) is 1.82. The van der Waals surface area contributed by atoms with E-state index in [1.54, 1.807) is 12.1 Å². The van der Waals surface area contributed by atoms with E-state index in [4.69, 9.17) is 11.6 Å². The standard InChI is InChI=1S/C11H11ClN2O/c1-7(2)14-10-4-3-8(6-15)5-9(10)11(12)13-14/h3-7H,1-2H3. The second kappa shape index (κ2) is 3.66. The first-order valence-electron chi connectivity index (χ1n) is 4.76. The van der Waals surface area contributed by atoms with E-state index in [2.05, 4.69) is 5.10 Å². The van der Waals surface area contributed by atoms with Crippen LogP contribution in [0.2, 0.25) is 5.15 Å². The Balaban J connectivity index is 2.74. The minimum absolute atomic E-state index is 0.252. The Bertz CT molecular complexity index is 517. The van der Waals surface area contributed by atoms with Crippen molar-refractivity contribution in [3.05, 3.63) is 28.9 Å². The maximum Gasteiger partial charge on any atom is 0.158 e. The van der Waals surface area contributed by atoms with Gasteiger partial charge in [-0.1, -0.05) is 11.6 Å². The normalized spacial score (nSPS) is 11.2. The summed E-state index contributed by atoms with van der Waals surface area (Å²) in [5.41, 5.74) is 1.58. The van der Waals surface area contributed by atoms with Crippen molar-refractivity contribution in [3.63, 3.8) is 0 Å². The first-order valence-corrected chi connectivity index (χ1v) is 5.14. The van der Waals surface area contributed by atoms with Crippen LogP contribution in [0.3, 0.4) is 0 Å². The average Bonchev–Trinajstić information content (AvgIpc) is 2.56. The van der Waals surface area contributed by atoms with Crippen LogP contribution in [0.4, 0.5) is 0 Å². The molecule has 0 aliphatic carbocycles. The molecule has 15 heavy (non-hydrogen) atoms. The molecule has 78 valence electrons. The Kier molecular flexibility index (Phi) is 2.49. The van der Waals surface area contributed by atoms with Gasteiger partial charge in [0.1, 0.15) is 6.29 Å². The van der Waals surface area contributed by atoms with E-state index >= 15 is 0 Å². The number of aldehydes is 1. The molecule has 0 saturated heterocycles. The average molecular weight is 223 g/mol. The van der Waals surface area contributed by atoms with Crippen LogP contribution in [0.25, 0.3) is 10.9 Å². The smallest absolute Gasteiger partial charge is 0.158 e. The summed E-state index contributed by atoms with van der Waals surface area (Å²) < 4.78 is 1.85. The van der Waals surface area contributed by atoms with Crippen molar-refractivity contribution >= 4 is 28.8 Å². The molecule has 0 spiro atoms. The lowest BCUT2D eigenvalue weighted by atomic mass is 10.2. The van der Waals surface area contributed by atoms with Gasteiger partial charge < -0.3 is 0 Å². The molecule has 4 heteroatoms. The number of carbonyl (C=O) groups is 1. The van der Waals surface area contributed by atoms with Gasteiger partial charge in [0.15, 0.2) is 5.15 Å². The quantitative estimate of drug-likeness (QED) is 0.732. The molecule has 0 N–H and O–H groups in total. The molecule has 1 aromatic carbocycles. The summed E-state index contributed by atoms with van der Waals surface area (Å²) in [6.07, 6.45) is 0.808. The Morgan fingerprint density at radius 1 is 1.47 bits per heavy atom. The molecule has 0 fully saturated rings. The van der Waals surface area contributed by atoms with Crippen LogP contribution in [0.5, 0.6) is 0 Å². The number of nitrogens with zero attached hydrogens (tertiary/aromatic N) is 2. The zero-order valence-corrected chi connectivity index (χ0v) is 9.32. The molecule has 0 atom stereocenters. The highest BCUT2D eigenvalue weighted by Crippen LogP contribution is 2.25. The molecule has 1 heterocycles. The van der Waals surface area contributed by atoms with Gasteiger partial charge in [0.25, 0.3) is 0 Å². The van der Waals surface area contributed by atoms with Gasteiger partial charge in [-0.2, -0.15) is 5.10 Å². The van der Waals surface area contributed by atoms with Crippen molar-refractivity contribution < 1.29 is 4.79 Å². The maximum absolute atomic E-state index is 10.6. The monoisotopic (exact) mass is 222 g/mol. The molecule has 0 saturated carbocycles. The predicted octanol–water partition coefficient (Wildman–Crippen LogP) is 3.08. The van der Waals surface area contributed by atoms with Gasteiger partial charge in [0, 0.05) is 17.0 Å². The maximum atomic E-state index is 10.6. The van der Waals surface area contributed by atoms with Crippen molar-refractivity contribution in [2.45, 2.75) is 19.9 Å². The summed E-state index contributed by atoms with van der Waals surface area (Å²) >= 11 is 6.00. The van der Waals surface area contributed by atoms with E-state index < -0.39 is 0 Å². The van der Waals surface area contributed by atoms with E-state index in [9.17, 15) is 4.79 Å². The third-order valence-electron chi connectivity index (χ3n) is 2.31. The topological polar surface area (TPSA) is 34.9 Å². The van der Waals surface area contributed by atoms with Crippen molar-refractivity contribution in [2.24, 2.45) is 0 Å². The molecule has 0 unspecified atom stereocenters. The number of rotatable bonds is 2. The van der Waals surface area contributed by atoms with E-state index in [1.165, 1.54) is 0 Å². The largest absolute Gasteiger partial charge is 0.298 e. The first-order chi connectivity index (χ1) is 7.13. The molecule has 0 aliphatic heterocycles. The van der Waals surface area contributed by atoms with Gasteiger partial charge in [-0.15, -0.1) is 0 Å². The zero-order chi connectivity index (χ0) is 11.0. The highest BCUT2D eigenvalue weighted by molar-refractivity contribution is 6.34. The molecular formula is C11H11ClN2O. The van der Waals surface area contributed by atoms with E-state index in [-0.39, 0.29) is 6.04 Å². The van der Waals surface area contributed by atoms with Gasteiger partial charge in [-0.05, 0) is 32.0 Å². The van der Waals surface area contributed by atoms with E-state index in [0.717, 1.165) is 17.2 Å². The number of benzene rings is 1. The van der Waals surface area contributed by atoms with Crippen LogP contribution in [0.15, 0.2) is 18.2 Å². The van der Waals surface area contributed by atoms with Gasteiger partial charge in [-0.3, -0.25) is 9.48 Å². The van der Waals surface area contributed by atoms with Crippen LogP contribution in [0, 0.1) is 0 Å². The highest BCUT2D eigenvalue weighted by Gasteiger charge is 2.10. The van der Waals surface area contributed by atoms with E-state index in [1.807, 2.05) is 24.6 Å². The zero-order valence-electron chi connectivity index (χ0n) is 8.57. The summed E-state index contributed by atoms with van der Waals surface area (Å²) in [5, 5.41) is 5.51. The summed E-state index contributed by atoms with van der Waals surface area (Å²) in [6.45, 7) is 4.08. The van der Waals surface area contributed by atoms with Crippen molar-refractivity contribution in [3.8, 4) is 0 Å². The molecule has 0 bridgehead atoms. The number of halogens is 1. The minimum Gasteiger partial charge on any atom is -0.298 e. The lowest BCUT2D eigenvalue weighted by molar-refractivity contribution is 0.112. The lowest BCUT2D eigenvalue weighted by Gasteiger charge is -2.06. The predicted molar refractivity (Wildman–Crippen MR) is 60.5 cm³/mol. The number of fused-ring (bicyclic) bond motifs is 1. The number of hydrogen-bond acceptors (Lipinski definition) is 2. The van der Waals surface area contributed by atoms with Crippen molar-refractivity contribution in [1.29, 1.82) is 0 Å². The molecule has 0 radical (unpaired) electrons. The first kappa shape index (κ1) is 10.2. The lowest BCUT2D eigenvalue weighted by Crippen LogP contribution is -2.01. The third kappa shape index (κ3) is 1.63. The summed E-state index contributed by atoms with van der Waals surface area (Å²) in [4.78, 5) is 10.6. The Morgan fingerprint density at radius 2 is 2.20 bits per heavy atom. The molecule has 2 aromatic rings. The second-order valence-electron chi connectivity index (χ2n) is 3.72. The number of aromatic nitrogens is 2. The molecule has 1 aromatic heterocycles. The molecular weight excluding hydrogens is 212 g/mol. The van der Waals surface area contributed by atoms with Crippen molar-refractivity contribution in [2.75, 3.05) is 0 Å². The number of hydrogen-bond donors (Lipinski definition) is 0. The second-order valence-corrected chi connectivity index (χ2v) is 4.08. The fourth-order valence-electron chi connectivity index (χ4n) is 1.59. The fraction of sp³-hybridized carbons (Fsp3) is 0.273. The third-order valence-corrected chi connectivity index (χ3v) is 2.59. The SMILES string of the molecule is CC(C)n1nc(Cl)c2cc(C=O)ccc21. The summed E-state index contributed by atoms with van der Waals surface area (Å²) in [6, 6.07) is 5.66. The minimum atomic E-state index is 0.252. The summed E-state index contributed by atoms with van der Waals surface area (Å²) in [5.74, 6) is 0. The van der Waals surface area contributed by atoms with Crippen LogP contribution in [-0.4, -0.2) is 16.1 Å². The van der Waals surface area contributed by atoms with Crippen LogP contribution < -0.4 is 0 Å². The molecule has 0 amide bonds. The van der Waals surface area contributed by atoms with Gasteiger partial charge in [0.2, 0.25) is 0 Å². The van der Waals surface area contributed by atoms with Crippen LogP contribution in [0.1, 0.15) is 30.2 Å². The Hall–Kier alpha value is -1.35. The van der Waals surface area contributed by atoms with Crippen LogP contribution in [-0.2, 0) is 0 Å². The van der Waals surface area contributed by atoms with Crippen molar-refractivity contribution in [1.82, 2.24) is 9.78 Å². The van der Waals surface area contributed by atoms with Gasteiger partial charge in [0.05, 0.1) is 5.52 Å². The molecule has 2 rings (SSSR count). The Morgan fingerprint density at radius 3 is 2.80 bits per heavy atom. The molecule has 0 aliphatic rings. The van der Waals surface area contributed by atoms with Gasteiger partial charge >= 0.3 is 0 Å². The summed E-state index contributed by atoms with van der Waals surface area (Å²) in [7, 11) is 0. The molecule has 3 nitrogen and oxygen atoms in total. The highest BCUT2D eigenvalue weighted by atomic mass is 35.5. The van der Waals surface area contributed by atoms with Gasteiger partial charge in [-0.25, -0.2) is 0 Å². The Labute approximate surface area is 92.6 Å². The van der Waals surface area contributed by atoms with Crippen LogP contribution >= 0.6 is 11.6 Å². The van der Waals surface area contributed by atoms with E-state index in [0.29, 0.717) is 10.7 Å².